The van der Waals surface area contributed by atoms with Gasteiger partial charge in [-0.25, -0.2) is 9.37 Å². The Labute approximate surface area is 197 Å². The van der Waals surface area contributed by atoms with E-state index in [0.717, 1.165) is 59.9 Å². The monoisotopic (exact) mass is 464 g/mol. The second kappa shape index (κ2) is 8.76. The summed E-state index contributed by atoms with van der Waals surface area (Å²) in [5, 5.41) is 9.43. The summed E-state index contributed by atoms with van der Waals surface area (Å²) in [4.78, 5) is 10.5. The Morgan fingerprint density at radius 3 is 2.45 bits per heavy atom. The molecule has 2 aromatic heterocycles. The molecule has 8 heteroatoms. The summed E-state index contributed by atoms with van der Waals surface area (Å²) < 4.78 is 15.8. The lowest BCUT2D eigenvalue weighted by Crippen LogP contribution is -2.46. The van der Waals surface area contributed by atoms with Gasteiger partial charge in [-0.3, -0.25) is 4.90 Å². The molecular formula is C25H29FN6S. The zero-order valence-electron chi connectivity index (χ0n) is 19.3. The second-order valence-electron chi connectivity index (χ2n) is 9.52. The summed E-state index contributed by atoms with van der Waals surface area (Å²) in [5.74, 6) is 0.529. The van der Waals surface area contributed by atoms with E-state index in [1.807, 2.05) is 10.6 Å². The maximum Gasteiger partial charge on any atom is 0.216 e. The standard InChI is InChI=1S/C25H29FN6S/c1-25(2,3)28-22-21(19-10-7-11-20(26)16-19)27-23-32(22)29-24(33-23)31-14-12-30(13-15-31)17-18-8-5-4-6-9-18/h4-11,16,28H,12-15,17H2,1-3H3. The first kappa shape index (κ1) is 21.9. The predicted octanol–water partition coefficient (Wildman–Crippen LogP) is 5.13. The van der Waals surface area contributed by atoms with Crippen molar-refractivity contribution in [1.29, 1.82) is 0 Å². The summed E-state index contributed by atoms with van der Waals surface area (Å²) in [7, 11) is 0. The lowest BCUT2D eigenvalue weighted by Gasteiger charge is -2.34. The Bertz CT molecular complexity index is 1240. The third-order valence-electron chi connectivity index (χ3n) is 5.68. The smallest absolute Gasteiger partial charge is 0.216 e. The number of benzene rings is 2. The quantitative estimate of drug-likeness (QED) is 0.444. The third-order valence-corrected chi connectivity index (χ3v) is 6.65. The van der Waals surface area contributed by atoms with Gasteiger partial charge < -0.3 is 10.2 Å². The van der Waals surface area contributed by atoms with Crippen molar-refractivity contribution in [3.05, 3.63) is 66.0 Å². The topological polar surface area (TPSA) is 48.7 Å². The molecule has 33 heavy (non-hydrogen) atoms. The minimum Gasteiger partial charge on any atom is -0.364 e. The van der Waals surface area contributed by atoms with Crippen molar-refractivity contribution in [3.8, 4) is 11.3 Å². The van der Waals surface area contributed by atoms with Gasteiger partial charge in [0.2, 0.25) is 10.1 Å². The van der Waals surface area contributed by atoms with Crippen molar-refractivity contribution in [3.63, 3.8) is 0 Å². The fourth-order valence-electron chi connectivity index (χ4n) is 4.11. The Hall–Kier alpha value is -2.97. The van der Waals surface area contributed by atoms with Crippen LogP contribution in [0.1, 0.15) is 26.3 Å². The van der Waals surface area contributed by atoms with Crippen LogP contribution in [0.2, 0.25) is 0 Å². The Morgan fingerprint density at radius 1 is 1.00 bits per heavy atom. The number of hydrogen-bond donors (Lipinski definition) is 1. The summed E-state index contributed by atoms with van der Waals surface area (Å²) >= 11 is 1.58. The molecule has 0 aliphatic carbocycles. The van der Waals surface area contributed by atoms with Crippen molar-refractivity contribution < 1.29 is 4.39 Å². The van der Waals surface area contributed by atoms with Gasteiger partial charge in [-0.05, 0) is 38.5 Å². The van der Waals surface area contributed by atoms with Crippen LogP contribution in [0.15, 0.2) is 54.6 Å². The van der Waals surface area contributed by atoms with Crippen LogP contribution in [0.3, 0.4) is 0 Å². The minimum absolute atomic E-state index is 0.190. The normalized spacial score (nSPS) is 15.3. The molecule has 0 radical (unpaired) electrons. The van der Waals surface area contributed by atoms with Crippen molar-refractivity contribution in [1.82, 2.24) is 19.5 Å². The molecule has 1 aliphatic rings. The van der Waals surface area contributed by atoms with Crippen LogP contribution in [0, 0.1) is 5.82 Å². The molecule has 0 unspecified atom stereocenters. The van der Waals surface area contributed by atoms with Gasteiger partial charge in [-0.1, -0.05) is 53.8 Å². The van der Waals surface area contributed by atoms with E-state index in [1.54, 1.807) is 17.4 Å². The average Bonchev–Trinajstić information content (AvgIpc) is 3.33. The molecule has 2 aromatic carbocycles. The van der Waals surface area contributed by atoms with E-state index in [-0.39, 0.29) is 11.4 Å². The van der Waals surface area contributed by atoms with E-state index < -0.39 is 0 Å². The number of imidazole rings is 1. The number of piperazine rings is 1. The zero-order valence-corrected chi connectivity index (χ0v) is 20.1. The summed E-state index contributed by atoms with van der Waals surface area (Å²) in [6, 6.07) is 17.2. The van der Waals surface area contributed by atoms with Crippen molar-refractivity contribution >= 4 is 27.2 Å². The molecule has 5 rings (SSSR count). The van der Waals surface area contributed by atoms with Crippen LogP contribution in [-0.4, -0.2) is 51.2 Å². The number of aromatic nitrogens is 3. The summed E-state index contributed by atoms with van der Waals surface area (Å²) in [6.07, 6.45) is 0. The number of nitrogens with one attached hydrogen (secondary N) is 1. The van der Waals surface area contributed by atoms with Gasteiger partial charge in [0.15, 0.2) is 5.82 Å². The van der Waals surface area contributed by atoms with Crippen molar-refractivity contribution in [2.45, 2.75) is 32.9 Å². The highest BCUT2D eigenvalue weighted by atomic mass is 32.1. The molecular weight excluding hydrogens is 435 g/mol. The predicted molar refractivity (Wildman–Crippen MR) is 134 cm³/mol. The molecule has 0 bridgehead atoms. The molecule has 0 spiro atoms. The lowest BCUT2D eigenvalue weighted by atomic mass is 10.1. The third kappa shape index (κ3) is 4.86. The molecule has 0 saturated carbocycles. The molecule has 172 valence electrons. The van der Waals surface area contributed by atoms with Gasteiger partial charge in [0, 0.05) is 43.8 Å². The number of rotatable bonds is 5. The van der Waals surface area contributed by atoms with Crippen molar-refractivity contribution in [2.24, 2.45) is 0 Å². The maximum absolute atomic E-state index is 13.9. The van der Waals surface area contributed by atoms with E-state index in [4.69, 9.17) is 10.1 Å². The van der Waals surface area contributed by atoms with Gasteiger partial charge in [0.05, 0.1) is 0 Å². The molecule has 4 aromatic rings. The number of nitrogens with zero attached hydrogens (tertiary/aromatic N) is 5. The second-order valence-corrected chi connectivity index (χ2v) is 10.5. The van der Waals surface area contributed by atoms with Crippen LogP contribution < -0.4 is 10.2 Å². The SMILES string of the molecule is CC(C)(C)Nc1c(-c2cccc(F)c2)nc2sc(N3CCN(Cc4ccccc4)CC3)nn12. The highest BCUT2D eigenvalue weighted by Crippen LogP contribution is 2.35. The lowest BCUT2D eigenvalue weighted by molar-refractivity contribution is 0.249. The molecule has 1 fully saturated rings. The molecule has 1 N–H and O–H groups in total. The van der Waals surface area contributed by atoms with Gasteiger partial charge in [0.1, 0.15) is 11.5 Å². The first-order chi connectivity index (χ1) is 15.9. The fraction of sp³-hybridized carbons (Fsp3) is 0.360. The first-order valence-electron chi connectivity index (χ1n) is 11.3. The van der Waals surface area contributed by atoms with Gasteiger partial charge in [-0.2, -0.15) is 4.52 Å². The van der Waals surface area contributed by atoms with Gasteiger partial charge in [0.25, 0.3) is 0 Å². The van der Waals surface area contributed by atoms with Crippen LogP contribution in [0.25, 0.3) is 16.2 Å². The first-order valence-corrected chi connectivity index (χ1v) is 12.1. The van der Waals surface area contributed by atoms with E-state index in [2.05, 4.69) is 66.2 Å². The largest absolute Gasteiger partial charge is 0.364 e. The van der Waals surface area contributed by atoms with E-state index in [0.29, 0.717) is 0 Å². The van der Waals surface area contributed by atoms with Crippen molar-refractivity contribution in [2.75, 3.05) is 36.4 Å². The fourth-order valence-corrected chi connectivity index (χ4v) is 5.06. The van der Waals surface area contributed by atoms with Crippen LogP contribution in [0.4, 0.5) is 15.3 Å². The molecule has 1 saturated heterocycles. The summed E-state index contributed by atoms with van der Waals surface area (Å²) in [6.45, 7) is 11.1. The number of fused-ring (bicyclic) bond motifs is 1. The average molecular weight is 465 g/mol. The number of hydrogen-bond acceptors (Lipinski definition) is 6. The Kier molecular flexibility index (Phi) is 5.80. The molecule has 1 aliphatic heterocycles. The highest BCUT2D eigenvalue weighted by molar-refractivity contribution is 7.20. The van der Waals surface area contributed by atoms with Crippen LogP contribution in [-0.2, 0) is 6.54 Å². The molecule has 3 heterocycles. The highest BCUT2D eigenvalue weighted by Gasteiger charge is 2.25. The maximum atomic E-state index is 13.9. The molecule has 0 atom stereocenters. The van der Waals surface area contributed by atoms with Crippen LogP contribution >= 0.6 is 11.3 Å². The zero-order chi connectivity index (χ0) is 23.0. The number of halogens is 1. The van der Waals surface area contributed by atoms with E-state index in [1.165, 1.54) is 17.7 Å². The Morgan fingerprint density at radius 2 is 1.76 bits per heavy atom. The number of anilines is 2. The Balaban J connectivity index is 1.38. The van der Waals surface area contributed by atoms with Gasteiger partial charge in [-0.15, -0.1) is 5.10 Å². The molecule has 6 nitrogen and oxygen atoms in total. The van der Waals surface area contributed by atoms with E-state index in [9.17, 15) is 4.39 Å². The molecule has 0 amide bonds. The minimum atomic E-state index is -0.271. The van der Waals surface area contributed by atoms with E-state index >= 15 is 0 Å². The van der Waals surface area contributed by atoms with Crippen LogP contribution in [0.5, 0.6) is 0 Å². The van der Waals surface area contributed by atoms with Gasteiger partial charge >= 0.3 is 0 Å². The summed E-state index contributed by atoms with van der Waals surface area (Å²) in [5.41, 5.74) is 2.63.